The number of halogens is 3. The molecule has 2 aliphatic rings. The van der Waals surface area contributed by atoms with Crippen LogP contribution < -0.4 is 10.6 Å². The molecule has 1 atom stereocenters. The Morgan fingerprint density at radius 1 is 1.29 bits per heavy atom. The standard InChI is InChI=1S/C15H20F3N5O/c1-2-5-22-6-3-14(12(22)24)4-7-23(9-14)11-8-10(15(16,17)18)20-13(19)21-11/h8H,2-7,9H2,1H3,(H2,19,20,21). The number of hydrogen-bond donors (Lipinski definition) is 1. The number of nitrogens with zero attached hydrogens (tertiary/aromatic N) is 4. The topological polar surface area (TPSA) is 75.3 Å². The van der Waals surface area contributed by atoms with Crippen molar-refractivity contribution in [3.8, 4) is 0 Å². The maximum Gasteiger partial charge on any atom is 0.433 e. The number of likely N-dealkylation sites (tertiary alicyclic amines) is 1. The van der Waals surface area contributed by atoms with Crippen LogP contribution in [-0.2, 0) is 11.0 Å². The summed E-state index contributed by atoms with van der Waals surface area (Å²) in [5, 5.41) is 0. The fourth-order valence-electron chi connectivity index (χ4n) is 3.58. The van der Waals surface area contributed by atoms with Crippen molar-refractivity contribution in [2.75, 3.05) is 36.8 Å². The van der Waals surface area contributed by atoms with Crippen LogP contribution in [0.4, 0.5) is 24.9 Å². The van der Waals surface area contributed by atoms with Gasteiger partial charge in [0.2, 0.25) is 11.9 Å². The van der Waals surface area contributed by atoms with Crippen LogP contribution >= 0.6 is 0 Å². The summed E-state index contributed by atoms with van der Waals surface area (Å²) in [5.41, 5.74) is 3.87. The summed E-state index contributed by atoms with van der Waals surface area (Å²) < 4.78 is 38.7. The molecule has 1 amide bonds. The first-order valence-corrected chi connectivity index (χ1v) is 8.01. The van der Waals surface area contributed by atoms with E-state index in [1.807, 2.05) is 11.8 Å². The Morgan fingerprint density at radius 2 is 2.00 bits per heavy atom. The van der Waals surface area contributed by atoms with Crippen molar-refractivity contribution in [2.24, 2.45) is 5.41 Å². The smallest absolute Gasteiger partial charge is 0.368 e. The van der Waals surface area contributed by atoms with E-state index in [-0.39, 0.29) is 11.7 Å². The van der Waals surface area contributed by atoms with E-state index in [1.54, 1.807) is 4.90 Å². The highest BCUT2D eigenvalue weighted by Crippen LogP contribution is 2.42. The second-order valence-electron chi connectivity index (χ2n) is 6.46. The maximum atomic E-state index is 12.9. The molecule has 2 aliphatic heterocycles. The van der Waals surface area contributed by atoms with Gasteiger partial charge in [-0.05, 0) is 19.3 Å². The summed E-state index contributed by atoms with van der Waals surface area (Å²) in [5.74, 6) is -0.176. The van der Waals surface area contributed by atoms with Crippen molar-refractivity contribution in [1.82, 2.24) is 14.9 Å². The van der Waals surface area contributed by atoms with Gasteiger partial charge in [0, 0.05) is 32.2 Å². The quantitative estimate of drug-likeness (QED) is 0.907. The van der Waals surface area contributed by atoms with Crippen molar-refractivity contribution in [3.63, 3.8) is 0 Å². The third-order valence-corrected chi connectivity index (χ3v) is 4.79. The largest absolute Gasteiger partial charge is 0.433 e. The zero-order valence-corrected chi connectivity index (χ0v) is 13.4. The molecule has 1 spiro atoms. The number of carbonyl (C=O) groups excluding carboxylic acids is 1. The second kappa shape index (κ2) is 5.78. The number of aromatic nitrogens is 2. The molecule has 2 fully saturated rings. The molecule has 0 saturated carbocycles. The van der Waals surface area contributed by atoms with E-state index >= 15 is 0 Å². The van der Waals surface area contributed by atoms with E-state index in [4.69, 9.17) is 5.73 Å². The van der Waals surface area contributed by atoms with Crippen molar-refractivity contribution in [2.45, 2.75) is 32.4 Å². The summed E-state index contributed by atoms with van der Waals surface area (Å²) in [6.45, 7) is 4.31. The summed E-state index contributed by atoms with van der Waals surface area (Å²) in [6.07, 6.45) is -2.33. The highest BCUT2D eigenvalue weighted by Gasteiger charge is 2.50. The van der Waals surface area contributed by atoms with Crippen LogP contribution in [0.25, 0.3) is 0 Å². The van der Waals surface area contributed by atoms with E-state index in [9.17, 15) is 18.0 Å². The molecule has 0 aliphatic carbocycles. The Hall–Kier alpha value is -2.06. The highest BCUT2D eigenvalue weighted by molar-refractivity contribution is 5.86. The molecule has 1 unspecified atom stereocenters. The molecule has 2 saturated heterocycles. The van der Waals surface area contributed by atoms with Crippen LogP contribution in [0.1, 0.15) is 31.9 Å². The molecule has 0 radical (unpaired) electrons. The molecule has 1 aromatic heterocycles. The number of anilines is 2. The Kier molecular flexibility index (Phi) is 4.05. The number of hydrogen-bond acceptors (Lipinski definition) is 5. The lowest BCUT2D eigenvalue weighted by Gasteiger charge is -2.24. The first-order valence-electron chi connectivity index (χ1n) is 8.01. The molecular weight excluding hydrogens is 323 g/mol. The Balaban J connectivity index is 1.82. The number of nitrogens with two attached hydrogens (primary N) is 1. The van der Waals surface area contributed by atoms with Crippen LogP contribution in [0.5, 0.6) is 0 Å². The predicted molar refractivity (Wildman–Crippen MR) is 82.2 cm³/mol. The zero-order chi connectivity index (χ0) is 17.5. The summed E-state index contributed by atoms with van der Waals surface area (Å²) in [7, 11) is 0. The third kappa shape index (κ3) is 2.87. The van der Waals surface area contributed by atoms with Gasteiger partial charge in [0.25, 0.3) is 0 Å². The molecular formula is C15H20F3N5O. The molecule has 3 heterocycles. The first kappa shape index (κ1) is 16.8. The van der Waals surface area contributed by atoms with Crippen molar-refractivity contribution in [3.05, 3.63) is 11.8 Å². The van der Waals surface area contributed by atoms with Gasteiger partial charge in [-0.1, -0.05) is 6.92 Å². The van der Waals surface area contributed by atoms with E-state index in [0.29, 0.717) is 26.1 Å². The van der Waals surface area contributed by atoms with Crippen molar-refractivity contribution in [1.29, 1.82) is 0 Å². The molecule has 1 aromatic rings. The van der Waals surface area contributed by atoms with Gasteiger partial charge in [-0.25, -0.2) is 4.98 Å². The van der Waals surface area contributed by atoms with Crippen molar-refractivity contribution >= 4 is 17.7 Å². The molecule has 0 aromatic carbocycles. The number of rotatable bonds is 3. The number of carbonyl (C=O) groups is 1. The maximum absolute atomic E-state index is 12.9. The lowest BCUT2D eigenvalue weighted by molar-refractivity contribution is -0.141. The SMILES string of the molecule is CCCN1CCC2(CCN(c3cc(C(F)(F)F)nc(N)n3)C2)C1=O. The van der Waals surface area contributed by atoms with Gasteiger partial charge < -0.3 is 15.5 Å². The molecule has 9 heteroatoms. The predicted octanol–water partition coefficient (Wildman–Crippen LogP) is 1.92. The molecule has 132 valence electrons. The third-order valence-electron chi connectivity index (χ3n) is 4.79. The minimum Gasteiger partial charge on any atom is -0.368 e. The molecule has 6 nitrogen and oxygen atoms in total. The molecule has 0 bridgehead atoms. The van der Waals surface area contributed by atoms with E-state index < -0.39 is 23.2 Å². The summed E-state index contributed by atoms with van der Waals surface area (Å²) >= 11 is 0. The van der Waals surface area contributed by atoms with Gasteiger partial charge in [0.05, 0.1) is 5.41 Å². The fraction of sp³-hybridized carbons (Fsp3) is 0.667. The molecule has 3 rings (SSSR count). The normalized spacial score (nSPS) is 24.4. The Labute approximate surface area is 137 Å². The minimum absolute atomic E-state index is 0.102. The monoisotopic (exact) mass is 343 g/mol. The van der Waals surface area contributed by atoms with Crippen LogP contribution in [0.15, 0.2) is 6.07 Å². The van der Waals surface area contributed by atoms with Gasteiger partial charge in [0.1, 0.15) is 5.82 Å². The second-order valence-corrected chi connectivity index (χ2v) is 6.46. The first-order chi connectivity index (χ1) is 11.2. The summed E-state index contributed by atoms with van der Waals surface area (Å²) in [6, 6.07) is 0.901. The number of nitrogen functional groups attached to an aromatic ring is 1. The Morgan fingerprint density at radius 3 is 2.67 bits per heavy atom. The average Bonchev–Trinajstić information content (AvgIpc) is 3.06. The highest BCUT2D eigenvalue weighted by atomic mass is 19.4. The number of alkyl halides is 3. The van der Waals surface area contributed by atoms with E-state index in [2.05, 4.69) is 9.97 Å². The van der Waals surface area contributed by atoms with Crippen LogP contribution in [0.2, 0.25) is 0 Å². The van der Waals surface area contributed by atoms with Crippen LogP contribution in [0.3, 0.4) is 0 Å². The van der Waals surface area contributed by atoms with E-state index in [0.717, 1.165) is 25.5 Å². The van der Waals surface area contributed by atoms with Gasteiger partial charge in [0.15, 0.2) is 5.69 Å². The Bertz CT molecular complexity index is 650. The van der Waals surface area contributed by atoms with Crippen LogP contribution in [0, 0.1) is 5.41 Å². The average molecular weight is 343 g/mol. The van der Waals surface area contributed by atoms with Gasteiger partial charge in [-0.15, -0.1) is 0 Å². The lowest BCUT2D eigenvalue weighted by atomic mass is 9.85. The van der Waals surface area contributed by atoms with Gasteiger partial charge >= 0.3 is 6.18 Å². The summed E-state index contributed by atoms with van der Waals surface area (Å²) in [4.78, 5) is 23.4. The molecule has 2 N–H and O–H groups in total. The van der Waals surface area contributed by atoms with Crippen LogP contribution in [-0.4, -0.2) is 47.0 Å². The minimum atomic E-state index is -4.58. The zero-order valence-electron chi connectivity index (χ0n) is 13.4. The van der Waals surface area contributed by atoms with E-state index in [1.165, 1.54) is 0 Å². The van der Waals surface area contributed by atoms with Gasteiger partial charge in [-0.2, -0.15) is 18.2 Å². The van der Waals surface area contributed by atoms with Gasteiger partial charge in [-0.3, -0.25) is 4.79 Å². The van der Waals surface area contributed by atoms with Crippen molar-refractivity contribution < 1.29 is 18.0 Å². The lowest BCUT2D eigenvalue weighted by Crippen LogP contribution is -2.37. The molecule has 24 heavy (non-hydrogen) atoms. The fourth-order valence-corrected chi connectivity index (χ4v) is 3.58. The number of amides is 1.